The standard InChI is InChI=1S/C12H17N3O2/c1-3-9-10(8-15(2)14-9)13-7-11(16)12-5-4-6-17-12/h4-6,8,11,13,16H,3,7H2,1-2H3. The van der Waals surface area contributed by atoms with Crippen LogP contribution in [0, 0.1) is 0 Å². The van der Waals surface area contributed by atoms with E-state index in [-0.39, 0.29) is 0 Å². The minimum atomic E-state index is -0.644. The first-order valence-corrected chi connectivity index (χ1v) is 5.68. The van der Waals surface area contributed by atoms with Crippen LogP contribution in [0.25, 0.3) is 0 Å². The highest BCUT2D eigenvalue weighted by Gasteiger charge is 2.12. The van der Waals surface area contributed by atoms with Gasteiger partial charge in [-0.25, -0.2) is 0 Å². The van der Waals surface area contributed by atoms with Crippen molar-refractivity contribution in [1.29, 1.82) is 0 Å². The number of anilines is 1. The van der Waals surface area contributed by atoms with E-state index in [1.165, 1.54) is 0 Å². The highest BCUT2D eigenvalue weighted by atomic mass is 16.4. The zero-order valence-corrected chi connectivity index (χ0v) is 10.1. The van der Waals surface area contributed by atoms with Crippen molar-refractivity contribution in [2.24, 2.45) is 7.05 Å². The summed E-state index contributed by atoms with van der Waals surface area (Å²) in [6, 6.07) is 3.52. The summed E-state index contributed by atoms with van der Waals surface area (Å²) in [6.45, 7) is 2.46. The van der Waals surface area contributed by atoms with Gasteiger partial charge in [0.1, 0.15) is 11.9 Å². The molecule has 0 saturated heterocycles. The second kappa shape index (κ2) is 5.05. The molecule has 0 spiro atoms. The fourth-order valence-corrected chi connectivity index (χ4v) is 1.73. The molecule has 92 valence electrons. The lowest BCUT2D eigenvalue weighted by Crippen LogP contribution is -2.12. The predicted octanol–water partition coefficient (Wildman–Crippen LogP) is 1.72. The van der Waals surface area contributed by atoms with Gasteiger partial charge in [-0.15, -0.1) is 0 Å². The van der Waals surface area contributed by atoms with Crippen LogP contribution in [0.3, 0.4) is 0 Å². The zero-order chi connectivity index (χ0) is 12.3. The van der Waals surface area contributed by atoms with E-state index in [4.69, 9.17) is 4.42 Å². The third kappa shape index (κ3) is 2.68. The molecule has 0 amide bonds. The van der Waals surface area contributed by atoms with Gasteiger partial charge in [0.2, 0.25) is 0 Å². The van der Waals surface area contributed by atoms with Crippen molar-refractivity contribution in [3.05, 3.63) is 36.0 Å². The largest absolute Gasteiger partial charge is 0.467 e. The van der Waals surface area contributed by atoms with Crippen molar-refractivity contribution in [3.63, 3.8) is 0 Å². The first-order chi connectivity index (χ1) is 8.20. The van der Waals surface area contributed by atoms with Crippen LogP contribution in [-0.2, 0) is 13.5 Å². The summed E-state index contributed by atoms with van der Waals surface area (Å²) < 4.78 is 6.90. The molecule has 2 rings (SSSR count). The van der Waals surface area contributed by atoms with Gasteiger partial charge >= 0.3 is 0 Å². The number of furan rings is 1. The summed E-state index contributed by atoms with van der Waals surface area (Å²) in [5, 5.41) is 17.4. The molecule has 2 N–H and O–H groups in total. The van der Waals surface area contributed by atoms with Crippen molar-refractivity contribution in [2.75, 3.05) is 11.9 Å². The molecule has 0 bridgehead atoms. The maximum absolute atomic E-state index is 9.86. The van der Waals surface area contributed by atoms with Crippen molar-refractivity contribution in [3.8, 4) is 0 Å². The van der Waals surface area contributed by atoms with E-state index in [1.54, 1.807) is 23.1 Å². The van der Waals surface area contributed by atoms with Crippen LogP contribution in [0.15, 0.2) is 29.0 Å². The Balaban J connectivity index is 1.97. The van der Waals surface area contributed by atoms with Crippen LogP contribution in [0.2, 0.25) is 0 Å². The van der Waals surface area contributed by atoms with Crippen LogP contribution >= 0.6 is 0 Å². The summed E-state index contributed by atoms with van der Waals surface area (Å²) in [6.07, 6.45) is 3.68. The Kier molecular flexibility index (Phi) is 3.49. The Hall–Kier alpha value is -1.75. The molecule has 0 aliphatic heterocycles. The number of aliphatic hydroxyl groups excluding tert-OH is 1. The molecule has 2 aromatic heterocycles. The summed E-state index contributed by atoms with van der Waals surface area (Å²) in [7, 11) is 1.88. The van der Waals surface area contributed by atoms with Crippen LogP contribution in [0.1, 0.15) is 24.5 Å². The van der Waals surface area contributed by atoms with Gasteiger partial charge in [-0.05, 0) is 18.6 Å². The predicted molar refractivity (Wildman–Crippen MR) is 64.7 cm³/mol. The highest BCUT2D eigenvalue weighted by Crippen LogP contribution is 2.17. The van der Waals surface area contributed by atoms with E-state index in [0.29, 0.717) is 12.3 Å². The molecular weight excluding hydrogens is 218 g/mol. The number of aliphatic hydroxyl groups is 1. The monoisotopic (exact) mass is 235 g/mol. The van der Waals surface area contributed by atoms with Gasteiger partial charge in [0.05, 0.1) is 17.6 Å². The summed E-state index contributed by atoms with van der Waals surface area (Å²) in [4.78, 5) is 0. The van der Waals surface area contributed by atoms with E-state index in [0.717, 1.165) is 17.8 Å². The fraction of sp³-hybridized carbons (Fsp3) is 0.417. The van der Waals surface area contributed by atoms with E-state index in [2.05, 4.69) is 17.3 Å². The fourth-order valence-electron chi connectivity index (χ4n) is 1.73. The number of rotatable bonds is 5. The Morgan fingerprint density at radius 2 is 2.41 bits per heavy atom. The number of nitrogens with zero attached hydrogens (tertiary/aromatic N) is 2. The van der Waals surface area contributed by atoms with Gasteiger partial charge in [-0.2, -0.15) is 5.10 Å². The molecule has 2 heterocycles. The topological polar surface area (TPSA) is 63.2 Å². The molecule has 0 aliphatic carbocycles. The lowest BCUT2D eigenvalue weighted by molar-refractivity contribution is 0.162. The van der Waals surface area contributed by atoms with E-state index in [9.17, 15) is 5.11 Å². The molecule has 5 heteroatoms. The Morgan fingerprint density at radius 3 is 3.06 bits per heavy atom. The normalized spacial score (nSPS) is 12.6. The van der Waals surface area contributed by atoms with Gasteiger partial charge in [-0.1, -0.05) is 6.92 Å². The van der Waals surface area contributed by atoms with Gasteiger partial charge in [0.15, 0.2) is 0 Å². The van der Waals surface area contributed by atoms with Crippen LogP contribution in [0.5, 0.6) is 0 Å². The summed E-state index contributed by atoms with van der Waals surface area (Å²) >= 11 is 0. The van der Waals surface area contributed by atoms with E-state index >= 15 is 0 Å². The number of hydrogen-bond donors (Lipinski definition) is 2. The van der Waals surface area contributed by atoms with Crippen LogP contribution in [0.4, 0.5) is 5.69 Å². The third-order valence-corrected chi connectivity index (χ3v) is 2.60. The smallest absolute Gasteiger partial charge is 0.134 e. The van der Waals surface area contributed by atoms with Crippen molar-refractivity contribution in [2.45, 2.75) is 19.4 Å². The Morgan fingerprint density at radius 1 is 1.59 bits per heavy atom. The molecule has 5 nitrogen and oxygen atoms in total. The lowest BCUT2D eigenvalue weighted by atomic mass is 10.2. The Labute approximate surface area is 100 Å². The van der Waals surface area contributed by atoms with Crippen LogP contribution in [-0.4, -0.2) is 21.4 Å². The van der Waals surface area contributed by atoms with Crippen LogP contribution < -0.4 is 5.32 Å². The summed E-state index contributed by atoms with van der Waals surface area (Å²) in [5.74, 6) is 0.569. The van der Waals surface area contributed by atoms with E-state index in [1.807, 2.05) is 13.2 Å². The first-order valence-electron chi connectivity index (χ1n) is 5.68. The molecule has 0 radical (unpaired) electrons. The Bertz CT molecular complexity index is 462. The maximum atomic E-state index is 9.86. The second-order valence-electron chi connectivity index (χ2n) is 3.93. The van der Waals surface area contributed by atoms with Crippen molar-refractivity contribution < 1.29 is 9.52 Å². The molecule has 2 aromatic rings. The number of aromatic nitrogens is 2. The average Bonchev–Trinajstić information content (AvgIpc) is 2.94. The molecular formula is C12H17N3O2. The number of hydrogen-bond acceptors (Lipinski definition) is 4. The second-order valence-corrected chi connectivity index (χ2v) is 3.93. The quantitative estimate of drug-likeness (QED) is 0.828. The zero-order valence-electron chi connectivity index (χ0n) is 10.1. The molecule has 1 unspecified atom stereocenters. The maximum Gasteiger partial charge on any atom is 0.134 e. The molecule has 17 heavy (non-hydrogen) atoms. The summed E-state index contributed by atoms with van der Waals surface area (Å²) in [5.41, 5.74) is 1.96. The molecule has 0 saturated carbocycles. The average molecular weight is 235 g/mol. The first kappa shape index (κ1) is 11.7. The third-order valence-electron chi connectivity index (χ3n) is 2.60. The van der Waals surface area contributed by atoms with Gasteiger partial charge in [0, 0.05) is 19.8 Å². The number of aryl methyl sites for hydroxylation is 2. The SMILES string of the molecule is CCc1nn(C)cc1NCC(O)c1ccco1. The minimum Gasteiger partial charge on any atom is -0.467 e. The van der Waals surface area contributed by atoms with Crippen molar-refractivity contribution in [1.82, 2.24) is 9.78 Å². The van der Waals surface area contributed by atoms with E-state index < -0.39 is 6.10 Å². The lowest BCUT2D eigenvalue weighted by Gasteiger charge is -2.09. The number of nitrogens with one attached hydrogen (secondary N) is 1. The van der Waals surface area contributed by atoms with Gasteiger partial charge in [0.25, 0.3) is 0 Å². The minimum absolute atomic E-state index is 0.409. The molecule has 0 aromatic carbocycles. The highest BCUT2D eigenvalue weighted by molar-refractivity contribution is 5.46. The molecule has 0 fully saturated rings. The molecule has 0 aliphatic rings. The molecule has 1 atom stereocenters. The van der Waals surface area contributed by atoms with Crippen molar-refractivity contribution >= 4 is 5.69 Å². The van der Waals surface area contributed by atoms with Gasteiger partial charge in [-0.3, -0.25) is 4.68 Å². The van der Waals surface area contributed by atoms with Gasteiger partial charge < -0.3 is 14.8 Å².